The van der Waals surface area contributed by atoms with Gasteiger partial charge >= 0.3 is 0 Å². The Morgan fingerprint density at radius 3 is 2.72 bits per heavy atom. The van der Waals surface area contributed by atoms with Gasteiger partial charge in [0.25, 0.3) is 10.0 Å². The van der Waals surface area contributed by atoms with E-state index in [0.29, 0.717) is 5.56 Å². The number of benzene rings is 1. The lowest BCUT2D eigenvalue weighted by molar-refractivity contribution is 0.594. The third-order valence-electron chi connectivity index (χ3n) is 2.27. The van der Waals surface area contributed by atoms with Gasteiger partial charge in [0.15, 0.2) is 5.03 Å². The van der Waals surface area contributed by atoms with E-state index in [1.165, 1.54) is 35.3 Å². The number of rotatable bonds is 3. The van der Waals surface area contributed by atoms with Crippen LogP contribution in [0.4, 0.5) is 4.39 Å². The van der Waals surface area contributed by atoms with Crippen LogP contribution in [-0.2, 0) is 16.6 Å². The van der Waals surface area contributed by atoms with Gasteiger partial charge < -0.3 is 4.57 Å². The van der Waals surface area contributed by atoms with Gasteiger partial charge in [-0.15, -0.1) is 0 Å². The molecule has 0 aliphatic rings. The fourth-order valence-corrected chi connectivity index (χ4v) is 2.12. The Bertz CT molecular complexity index is 684. The molecule has 0 aliphatic carbocycles. The summed E-state index contributed by atoms with van der Waals surface area (Å²) < 4.78 is 36.4. The van der Waals surface area contributed by atoms with Gasteiger partial charge in [0, 0.05) is 11.2 Å². The number of imidazole rings is 1. The van der Waals surface area contributed by atoms with Crippen molar-refractivity contribution in [2.75, 3.05) is 0 Å². The molecule has 0 radical (unpaired) electrons. The molecule has 0 fully saturated rings. The van der Waals surface area contributed by atoms with Crippen LogP contribution in [0.2, 0.25) is 5.02 Å². The second kappa shape index (κ2) is 4.68. The van der Waals surface area contributed by atoms with E-state index >= 15 is 0 Å². The molecule has 5 nitrogen and oxygen atoms in total. The SMILES string of the molecule is NS(=O)(=O)c1cn(Cc2ccc(F)cc2Cl)cn1. The molecule has 0 unspecified atom stereocenters. The van der Waals surface area contributed by atoms with Gasteiger partial charge in [0.05, 0.1) is 12.9 Å². The lowest BCUT2D eigenvalue weighted by atomic mass is 10.2. The highest BCUT2D eigenvalue weighted by Gasteiger charge is 2.12. The minimum absolute atomic E-state index is 0.222. The van der Waals surface area contributed by atoms with Gasteiger partial charge in [-0.3, -0.25) is 0 Å². The van der Waals surface area contributed by atoms with Crippen molar-refractivity contribution in [3.63, 3.8) is 0 Å². The van der Waals surface area contributed by atoms with E-state index in [9.17, 15) is 12.8 Å². The van der Waals surface area contributed by atoms with Gasteiger partial charge in [0.2, 0.25) is 0 Å². The summed E-state index contributed by atoms with van der Waals surface area (Å²) in [4.78, 5) is 3.66. The highest BCUT2D eigenvalue weighted by molar-refractivity contribution is 7.89. The summed E-state index contributed by atoms with van der Waals surface area (Å²) in [7, 11) is -3.82. The summed E-state index contributed by atoms with van der Waals surface area (Å²) in [6.07, 6.45) is 2.61. The normalized spacial score (nSPS) is 11.7. The Labute approximate surface area is 108 Å². The van der Waals surface area contributed by atoms with Crippen molar-refractivity contribution in [1.29, 1.82) is 0 Å². The fourth-order valence-electron chi connectivity index (χ4n) is 1.42. The molecule has 1 aromatic carbocycles. The van der Waals surface area contributed by atoms with Crippen molar-refractivity contribution < 1.29 is 12.8 Å². The van der Waals surface area contributed by atoms with Gasteiger partial charge in [-0.1, -0.05) is 17.7 Å². The van der Waals surface area contributed by atoms with E-state index in [-0.39, 0.29) is 16.6 Å². The monoisotopic (exact) mass is 289 g/mol. The Morgan fingerprint density at radius 2 is 2.17 bits per heavy atom. The molecule has 0 saturated carbocycles. The molecular formula is C10H9ClFN3O2S. The van der Waals surface area contributed by atoms with Crippen LogP contribution in [0.5, 0.6) is 0 Å². The predicted octanol–water partition coefficient (Wildman–Crippen LogP) is 1.37. The fraction of sp³-hybridized carbons (Fsp3) is 0.100. The number of nitrogens with two attached hydrogens (primary N) is 1. The molecule has 18 heavy (non-hydrogen) atoms. The molecule has 0 amide bonds. The topological polar surface area (TPSA) is 78.0 Å². The minimum atomic E-state index is -3.82. The molecule has 0 aliphatic heterocycles. The second-order valence-electron chi connectivity index (χ2n) is 3.66. The zero-order valence-electron chi connectivity index (χ0n) is 9.05. The Kier molecular flexibility index (Phi) is 3.38. The van der Waals surface area contributed by atoms with Crippen LogP contribution in [-0.4, -0.2) is 18.0 Å². The summed E-state index contributed by atoms with van der Waals surface area (Å²) >= 11 is 5.86. The van der Waals surface area contributed by atoms with Crippen LogP contribution in [0, 0.1) is 5.82 Å². The van der Waals surface area contributed by atoms with Crippen molar-refractivity contribution in [2.24, 2.45) is 5.14 Å². The molecule has 2 N–H and O–H groups in total. The van der Waals surface area contributed by atoms with Crippen molar-refractivity contribution in [3.8, 4) is 0 Å². The third-order valence-corrected chi connectivity index (χ3v) is 3.41. The van der Waals surface area contributed by atoms with E-state index in [2.05, 4.69) is 4.98 Å². The molecule has 96 valence electrons. The molecule has 0 spiro atoms. The van der Waals surface area contributed by atoms with Crippen LogP contribution in [0.25, 0.3) is 0 Å². The van der Waals surface area contributed by atoms with Crippen molar-refractivity contribution in [2.45, 2.75) is 11.6 Å². The van der Waals surface area contributed by atoms with Crippen LogP contribution in [0.15, 0.2) is 35.7 Å². The Balaban J connectivity index is 2.27. The summed E-state index contributed by atoms with van der Waals surface area (Å²) in [5.74, 6) is -0.431. The third kappa shape index (κ3) is 2.87. The number of hydrogen-bond acceptors (Lipinski definition) is 3. The van der Waals surface area contributed by atoms with Crippen molar-refractivity contribution >= 4 is 21.6 Å². The highest BCUT2D eigenvalue weighted by Crippen LogP contribution is 2.18. The molecule has 1 aromatic heterocycles. The molecule has 0 saturated heterocycles. The zero-order valence-corrected chi connectivity index (χ0v) is 10.6. The summed E-state index contributed by atoms with van der Waals surface area (Å²) in [6, 6.07) is 3.99. The minimum Gasteiger partial charge on any atom is -0.332 e. The zero-order chi connectivity index (χ0) is 13.3. The van der Waals surface area contributed by atoms with Crippen LogP contribution in [0.3, 0.4) is 0 Å². The predicted molar refractivity (Wildman–Crippen MR) is 64.1 cm³/mol. The molecule has 0 bridgehead atoms. The quantitative estimate of drug-likeness (QED) is 0.927. The molecule has 2 aromatic rings. The van der Waals surface area contributed by atoms with Crippen molar-refractivity contribution in [1.82, 2.24) is 9.55 Å². The first-order valence-corrected chi connectivity index (χ1v) is 6.77. The van der Waals surface area contributed by atoms with Gasteiger partial charge in [-0.2, -0.15) is 0 Å². The smallest absolute Gasteiger partial charge is 0.257 e. The average Bonchev–Trinajstić information content (AvgIpc) is 2.70. The number of aromatic nitrogens is 2. The molecular weight excluding hydrogens is 281 g/mol. The molecule has 0 atom stereocenters. The Hall–Kier alpha value is -1.44. The number of nitrogens with zero attached hydrogens (tertiary/aromatic N) is 2. The first-order valence-electron chi connectivity index (χ1n) is 4.85. The largest absolute Gasteiger partial charge is 0.332 e. The maximum atomic E-state index is 12.8. The van der Waals surface area contributed by atoms with E-state index in [4.69, 9.17) is 16.7 Å². The first kappa shape index (κ1) is 13.0. The van der Waals surface area contributed by atoms with Crippen LogP contribution >= 0.6 is 11.6 Å². The van der Waals surface area contributed by atoms with Gasteiger partial charge in [0.1, 0.15) is 5.82 Å². The summed E-state index contributed by atoms with van der Waals surface area (Å²) in [5.41, 5.74) is 0.649. The lowest BCUT2D eigenvalue weighted by Gasteiger charge is -2.04. The molecule has 2 rings (SSSR count). The number of halogens is 2. The maximum Gasteiger partial charge on any atom is 0.257 e. The van der Waals surface area contributed by atoms with Crippen LogP contribution in [0.1, 0.15) is 5.56 Å². The number of sulfonamides is 1. The second-order valence-corrected chi connectivity index (χ2v) is 5.58. The highest BCUT2D eigenvalue weighted by atomic mass is 35.5. The molecule has 1 heterocycles. The Morgan fingerprint density at radius 1 is 1.44 bits per heavy atom. The number of primary sulfonamides is 1. The van der Waals surface area contributed by atoms with Gasteiger partial charge in [-0.25, -0.2) is 22.9 Å². The standard InChI is InChI=1S/C10H9ClFN3O2S/c11-9-3-8(12)2-1-7(9)4-15-5-10(14-6-15)18(13,16)17/h1-3,5-6H,4H2,(H2,13,16,17). The maximum absolute atomic E-state index is 12.8. The molecule has 8 heteroatoms. The van der Waals surface area contributed by atoms with E-state index in [1.54, 1.807) is 0 Å². The summed E-state index contributed by atoms with van der Waals surface area (Å²) in [6.45, 7) is 0.279. The lowest BCUT2D eigenvalue weighted by Crippen LogP contribution is -2.12. The van der Waals surface area contributed by atoms with E-state index in [1.807, 2.05) is 0 Å². The number of hydrogen-bond donors (Lipinski definition) is 1. The average molecular weight is 290 g/mol. The summed E-state index contributed by atoms with van der Waals surface area (Å²) in [5, 5.41) is 4.98. The van der Waals surface area contributed by atoms with Crippen LogP contribution < -0.4 is 5.14 Å². The first-order chi connectivity index (χ1) is 8.36. The van der Waals surface area contributed by atoms with E-state index in [0.717, 1.165) is 0 Å². The van der Waals surface area contributed by atoms with E-state index < -0.39 is 15.8 Å². The van der Waals surface area contributed by atoms with Gasteiger partial charge in [-0.05, 0) is 17.7 Å². The van der Waals surface area contributed by atoms with Crippen molar-refractivity contribution in [3.05, 3.63) is 47.1 Å².